The monoisotopic (exact) mass is 189 g/mol. The van der Waals surface area contributed by atoms with E-state index >= 15 is 0 Å². The van der Waals surface area contributed by atoms with Gasteiger partial charge in [-0.05, 0) is 24.3 Å². The first-order valence-corrected chi connectivity index (χ1v) is 4.32. The standard InChI is InChI=1S/C10H11N3O/c11-5-8-6-12-13(7-8)9-1-3-10(14)4-2-9/h1-4,6-7,14H,5,11H2. The van der Waals surface area contributed by atoms with Gasteiger partial charge in [0.1, 0.15) is 5.75 Å². The van der Waals surface area contributed by atoms with Crippen molar-refractivity contribution < 1.29 is 5.11 Å². The van der Waals surface area contributed by atoms with Gasteiger partial charge in [0, 0.05) is 18.3 Å². The molecular formula is C10H11N3O. The molecule has 0 aliphatic heterocycles. The number of aromatic nitrogens is 2. The molecule has 0 saturated heterocycles. The van der Waals surface area contributed by atoms with Crippen LogP contribution < -0.4 is 5.73 Å². The molecule has 0 radical (unpaired) electrons. The summed E-state index contributed by atoms with van der Waals surface area (Å²) < 4.78 is 1.72. The van der Waals surface area contributed by atoms with Crippen molar-refractivity contribution in [2.75, 3.05) is 0 Å². The molecule has 14 heavy (non-hydrogen) atoms. The van der Waals surface area contributed by atoms with Crippen molar-refractivity contribution in [2.24, 2.45) is 5.73 Å². The van der Waals surface area contributed by atoms with E-state index in [-0.39, 0.29) is 5.75 Å². The van der Waals surface area contributed by atoms with Crippen LogP contribution in [0.1, 0.15) is 5.56 Å². The van der Waals surface area contributed by atoms with Crippen LogP contribution in [-0.2, 0) is 6.54 Å². The number of phenolic OH excluding ortho intramolecular Hbond substituents is 1. The Labute approximate surface area is 81.6 Å². The molecule has 0 amide bonds. The van der Waals surface area contributed by atoms with Gasteiger partial charge in [-0.25, -0.2) is 4.68 Å². The third kappa shape index (κ3) is 1.60. The van der Waals surface area contributed by atoms with Crippen LogP contribution in [0, 0.1) is 0 Å². The zero-order valence-corrected chi connectivity index (χ0v) is 7.59. The van der Waals surface area contributed by atoms with Crippen LogP contribution >= 0.6 is 0 Å². The van der Waals surface area contributed by atoms with Gasteiger partial charge in [0.2, 0.25) is 0 Å². The van der Waals surface area contributed by atoms with E-state index in [9.17, 15) is 0 Å². The minimum absolute atomic E-state index is 0.250. The second kappa shape index (κ2) is 3.51. The molecule has 4 nitrogen and oxygen atoms in total. The van der Waals surface area contributed by atoms with Gasteiger partial charge in [-0.2, -0.15) is 5.10 Å². The fourth-order valence-electron chi connectivity index (χ4n) is 1.21. The topological polar surface area (TPSA) is 64.1 Å². The van der Waals surface area contributed by atoms with E-state index in [1.165, 1.54) is 0 Å². The highest BCUT2D eigenvalue weighted by atomic mass is 16.3. The van der Waals surface area contributed by atoms with Gasteiger partial charge >= 0.3 is 0 Å². The van der Waals surface area contributed by atoms with Crippen molar-refractivity contribution in [1.82, 2.24) is 9.78 Å². The molecule has 3 N–H and O–H groups in total. The van der Waals surface area contributed by atoms with Crippen LogP contribution in [0.4, 0.5) is 0 Å². The quantitative estimate of drug-likeness (QED) is 0.741. The Morgan fingerprint density at radius 1 is 1.29 bits per heavy atom. The highest BCUT2D eigenvalue weighted by Gasteiger charge is 1.98. The number of benzene rings is 1. The summed E-state index contributed by atoms with van der Waals surface area (Å²) in [5.74, 6) is 0.250. The van der Waals surface area contributed by atoms with Gasteiger partial charge in [0.15, 0.2) is 0 Å². The van der Waals surface area contributed by atoms with E-state index in [2.05, 4.69) is 5.10 Å². The van der Waals surface area contributed by atoms with Crippen molar-refractivity contribution in [3.8, 4) is 11.4 Å². The number of nitrogens with zero attached hydrogens (tertiary/aromatic N) is 2. The van der Waals surface area contributed by atoms with E-state index < -0.39 is 0 Å². The Hall–Kier alpha value is -1.81. The maximum atomic E-state index is 9.11. The van der Waals surface area contributed by atoms with Crippen LogP contribution in [-0.4, -0.2) is 14.9 Å². The first-order valence-electron chi connectivity index (χ1n) is 4.32. The largest absolute Gasteiger partial charge is 0.508 e. The van der Waals surface area contributed by atoms with Gasteiger partial charge in [0.05, 0.1) is 11.9 Å². The van der Waals surface area contributed by atoms with Crippen molar-refractivity contribution in [3.05, 3.63) is 42.2 Å². The molecule has 0 unspecified atom stereocenters. The minimum Gasteiger partial charge on any atom is -0.508 e. The molecule has 0 bridgehead atoms. The molecular weight excluding hydrogens is 178 g/mol. The molecule has 0 spiro atoms. The van der Waals surface area contributed by atoms with E-state index in [1.54, 1.807) is 35.1 Å². The van der Waals surface area contributed by atoms with E-state index in [1.807, 2.05) is 6.20 Å². The lowest BCUT2D eigenvalue weighted by Gasteiger charge is -2.00. The molecule has 1 aromatic heterocycles. The van der Waals surface area contributed by atoms with E-state index in [4.69, 9.17) is 10.8 Å². The third-order valence-electron chi connectivity index (χ3n) is 1.99. The molecule has 2 rings (SSSR count). The normalized spacial score (nSPS) is 10.4. The smallest absolute Gasteiger partial charge is 0.115 e. The number of hydrogen-bond acceptors (Lipinski definition) is 3. The molecule has 4 heteroatoms. The third-order valence-corrected chi connectivity index (χ3v) is 1.99. The molecule has 0 aliphatic carbocycles. The fraction of sp³-hybridized carbons (Fsp3) is 0.100. The number of nitrogens with two attached hydrogens (primary N) is 1. The van der Waals surface area contributed by atoms with E-state index in [0.29, 0.717) is 6.54 Å². The van der Waals surface area contributed by atoms with Crippen LogP contribution in [0.15, 0.2) is 36.7 Å². The van der Waals surface area contributed by atoms with Crippen molar-refractivity contribution in [2.45, 2.75) is 6.54 Å². The van der Waals surface area contributed by atoms with Gasteiger partial charge in [-0.1, -0.05) is 0 Å². The lowest BCUT2D eigenvalue weighted by atomic mass is 10.3. The van der Waals surface area contributed by atoms with Gasteiger partial charge in [0.25, 0.3) is 0 Å². The van der Waals surface area contributed by atoms with Gasteiger partial charge in [-0.15, -0.1) is 0 Å². The Morgan fingerprint density at radius 2 is 2.00 bits per heavy atom. The molecule has 0 atom stereocenters. The lowest BCUT2D eigenvalue weighted by Crippen LogP contribution is -1.95. The zero-order valence-electron chi connectivity index (χ0n) is 7.59. The van der Waals surface area contributed by atoms with Crippen LogP contribution in [0.2, 0.25) is 0 Å². The van der Waals surface area contributed by atoms with Gasteiger partial charge < -0.3 is 10.8 Å². The highest BCUT2D eigenvalue weighted by Crippen LogP contribution is 2.13. The molecule has 1 heterocycles. The molecule has 0 fully saturated rings. The van der Waals surface area contributed by atoms with Crippen LogP contribution in [0.5, 0.6) is 5.75 Å². The summed E-state index contributed by atoms with van der Waals surface area (Å²) >= 11 is 0. The fourth-order valence-corrected chi connectivity index (χ4v) is 1.21. The van der Waals surface area contributed by atoms with Crippen molar-refractivity contribution in [1.29, 1.82) is 0 Å². The number of hydrogen-bond donors (Lipinski definition) is 2. The summed E-state index contributed by atoms with van der Waals surface area (Å²) in [4.78, 5) is 0. The summed E-state index contributed by atoms with van der Waals surface area (Å²) in [6.45, 7) is 0.484. The SMILES string of the molecule is NCc1cnn(-c2ccc(O)cc2)c1. The lowest BCUT2D eigenvalue weighted by molar-refractivity contribution is 0.475. The Bertz CT molecular complexity index is 419. The number of phenols is 1. The molecule has 0 saturated carbocycles. The maximum Gasteiger partial charge on any atom is 0.115 e. The predicted molar refractivity (Wildman–Crippen MR) is 53.1 cm³/mol. The van der Waals surface area contributed by atoms with Crippen molar-refractivity contribution >= 4 is 0 Å². The summed E-state index contributed by atoms with van der Waals surface area (Å²) in [7, 11) is 0. The molecule has 2 aromatic rings. The Balaban J connectivity index is 2.34. The highest BCUT2D eigenvalue weighted by molar-refractivity contribution is 5.36. The molecule has 1 aromatic carbocycles. The first kappa shape index (κ1) is 8.77. The first-order chi connectivity index (χ1) is 6.79. The summed E-state index contributed by atoms with van der Waals surface area (Å²) in [5.41, 5.74) is 7.36. The summed E-state index contributed by atoms with van der Waals surface area (Å²) in [5, 5.41) is 13.2. The summed E-state index contributed by atoms with van der Waals surface area (Å²) in [6, 6.07) is 6.84. The number of rotatable bonds is 2. The maximum absolute atomic E-state index is 9.11. The minimum atomic E-state index is 0.250. The molecule has 0 aliphatic rings. The molecule has 72 valence electrons. The summed E-state index contributed by atoms with van der Waals surface area (Å²) in [6.07, 6.45) is 3.60. The average Bonchev–Trinajstić information content (AvgIpc) is 2.67. The zero-order chi connectivity index (χ0) is 9.97. The second-order valence-corrected chi connectivity index (χ2v) is 3.01. The average molecular weight is 189 g/mol. The predicted octanol–water partition coefficient (Wildman–Crippen LogP) is 1.04. The van der Waals surface area contributed by atoms with Gasteiger partial charge in [-0.3, -0.25) is 0 Å². The van der Waals surface area contributed by atoms with Crippen LogP contribution in [0.3, 0.4) is 0 Å². The Kier molecular flexibility index (Phi) is 2.20. The van der Waals surface area contributed by atoms with Crippen molar-refractivity contribution in [3.63, 3.8) is 0 Å². The van der Waals surface area contributed by atoms with Crippen LogP contribution in [0.25, 0.3) is 5.69 Å². The van der Waals surface area contributed by atoms with E-state index in [0.717, 1.165) is 11.3 Å². The number of aromatic hydroxyl groups is 1. The second-order valence-electron chi connectivity index (χ2n) is 3.01. The Morgan fingerprint density at radius 3 is 2.57 bits per heavy atom.